The van der Waals surface area contributed by atoms with Crippen LogP contribution in [-0.2, 0) is 13.6 Å². The van der Waals surface area contributed by atoms with Gasteiger partial charge < -0.3 is 15.2 Å². The molecule has 1 aromatic carbocycles. The molecule has 0 aliphatic rings. The third-order valence-corrected chi connectivity index (χ3v) is 3.88. The summed E-state index contributed by atoms with van der Waals surface area (Å²) in [7, 11) is 3.83. The lowest BCUT2D eigenvalue weighted by molar-refractivity contribution is 0.480. The highest BCUT2D eigenvalue weighted by Crippen LogP contribution is 2.13. The van der Waals surface area contributed by atoms with Gasteiger partial charge in [-0.25, -0.2) is 4.98 Å². The minimum Gasteiger partial charge on any atom is -0.354 e. The van der Waals surface area contributed by atoms with Gasteiger partial charge in [-0.3, -0.25) is 4.99 Å². The second-order valence-corrected chi connectivity index (χ2v) is 5.68. The number of guanidine groups is 1. The monoisotopic (exact) mass is 415 g/mol. The number of hydrogen-bond acceptors (Lipinski definition) is 2. The van der Waals surface area contributed by atoms with E-state index in [0.29, 0.717) is 18.5 Å². The molecule has 2 rings (SSSR count). The second-order valence-electron chi connectivity index (χ2n) is 5.68. The Morgan fingerprint density at radius 3 is 2.55 bits per heavy atom. The van der Waals surface area contributed by atoms with Crippen molar-refractivity contribution in [2.75, 3.05) is 7.05 Å². The zero-order chi connectivity index (χ0) is 15.4. The first-order chi connectivity index (χ1) is 10.0. The fraction of sp³-hybridized carbons (Fsp3) is 0.500. The Labute approximate surface area is 149 Å². The Kier molecular flexibility index (Phi) is 7.12. The van der Waals surface area contributed by atoms with E-state index >= 15 is 0 Å². The fourth-order valence-electron chi connectivity index (χ4n) is 2.09. The van der Waals surface area contributed by atoms with Crippen molar-refractivity contribution >= 4 is 41.0 Å². The summed E-state index contributed by atoms with van der Waals surface area (Å²) < 4.78 is 2.11. The van der Waals surface area contributed by atoms with Crippen LogP contribution < -0.4 is 10.6 Å². The van der Waals surface area contributed by atoms with E-state index in [2.05, 4.69) is 52.0 Å². The summed E-state index contributed by atoms with van der Waals surface area (Å²) in [4.78, 5) is 8.92. The number of halogens is 1. The molecule has 5 nitrogen and oxygen atoms in total. The van der Waals surface area contributed by atoms with Gasteiger partial charge in [-0.15, -0.1) is 24.0 Å². The van der Waals surface area contributed by atoms with Crippen molar-refractivity contribution in [1.82, 2.24) is 20.2 Å². The van der Waals surface area contributed by atoms with Crippen molar-refractivity contribution in [3.63, 3.8) is 0 Å². The van der Waals surface area contributed by atoms with Crippen LogP contribution in [0.15, 0.2) is 29.3 Å². The molecule has 0 saturated carbocycles. The molecule has 6 heteroatoms. The van der Waals surface area contributed by atoms with Gasteiger partial charge in [-0.05, 0) is 25.0 Å². The maximum atomic E-state index is 4.65. The van der Waals surface area contributed by atoms with E-state index in [-0.39, 0.29) is 24.0 Å². The quantitative estimate of drug-likeness (QED) is 0.459. The molecule has 1 aromatic heterocycles. The summed E-state index contributed by atoms with van der Waals surface area (Å²) in [5.74, 6) is 2.36. The van der Waals surface area contributed by atoms with Crippen LogP contribution in [0.2, 0.25) is 0 Å². The summed E-state index contributed by atoms with van der Waals surface area (Å²) >= 11 is 0. The first kappa shape index (κ1) is 18.7. The summed E-state index contributed by atoms with van der Waals surface area (Å²) in [5.41, 5.74) is 2.17. The highest BCUT2D eigenvalue weighted by atomic mass is 127. The van der Waals surface area contributed by atoms with Crippen LogP contribution in [-0.4, -0.2) is 28.6 Å². The number of rotatable bonds is 4. The van der Waals surface area contributed by atoms with Crippen LogP contribution in [0.1, 0.15) is 26.6 Å². The van der Waals surface area contributed by atoms with E-state index in [9.17, 15) is 0 Å². The number of fused-ring (bicyclic) bond motifs is 1. The van der Waals surface area contributed by atoms with Gasteiger partial charge in [0.15, 0.2) is 5.96 Å². The van der Waals surface area contributed by atoms with Crippen LogP contribution in [0.3, 0.4) is 0 Å². The first-order valence-corrected chi connectivity index (χ1v) is 7.40. The summed E-state index contributed by atoms with van der Waals surface area (Å²) in [6.45, 7) is 7.19. The highest BCUT2D eigenvalue weighted by Gasteiger charge is 2.11. The van der Waals surface area contributed by atoms with Crippen LogP contribution in [0.4, 0.5) is 0 Å². The average Bonchev–Trinajstić information content (AvgIpc) is 2.80. The molecule has 1 atom stereocenters. The number of aryl methyl sites for hydroxylation is 1. The van der Waals surface area contributed by atoms with Crippen molar-refractivity contribution in [1.29, 1.82) is 0 Å². The highest BCUT2D eigenvalue weighted by molar-refractivity contribution is 14.0. The Morgan fingerprint density at radius 2 is 1.95 bits per heavy atom. The van der Waals surface area contributed by atoms with Gasteiger partial charge in [0.25, 0.3) is 0 Å². The van der Waals surface area contributed by atoms with Gasteiger partial charge in [-0.1, -0.05) is 26.0 Å². The van der Waals surface area contributed by atoms with Crippen LogP contribution in [0.5, 0.6) is 0 Å². The molecular formula is C16H26IN5. The van der Waals surface area contributed by atoms with Crippen molar-refractivity contribution < 1.29 is 0 Å². The van der Waals surface area contributed by atoms with Gasteiger partial charge >= 0.3 is 0 Å². The number of aromatic nitrogens is 2. The van der Waals surface area contributed by atoms with Gasteiger partial charge in [0.2, 0.25) is 0 Å². The maximum Gasteiger partial charge on any atom is 0.191 e. The number of hydrogen-bond donors (Lipinski definition) is 2. The van der Waals surface area contributed by atoms with Gasteiger partial charge in [0.05, 0.1) is 17.6 Å². The SMILES string of the molecule is CN=C(NCc1nc2ccccc2n1C)NC(C)C(C)C.I. The molecule has 0 amide bonds. The van der Waals surface area contributed by atoms with Gasteiger partial charge in [-0.2, -0.15) is 0 Å². The Balaban J connectivity index is 0.00000242. The zero-order valence-corrected chi connectivity index (χ0v) is 16.3. The molecular weight excluding hydrogens is 389 g/mol. The van der Waals surface area contributed by atoms with E-state index in [4.69, 9.17) is 0 Å². The predicted molar refractivity (Wildman–Crippen MR) is 104 cm³/mol. The van der Waals surface area contributed by atoms with E-state index < -0.39 is 0 Å². The zero-order valence-electron chi connectivity index (χ0n) is 13.9. The molecule has 0 radical (unpaired) electrons. The van der Waals surface area contributed by atoms with Crippen molar-refractivity contribution in [2.45, 2.75) is 33.4 Å². The summed E-state index contributed by atoms with van der Waals surface area (Å²) in [5, 5.41) is 6.72. The van der Waals surface area contributed by atoms with Gasteiger partial charge in [0.1, 0.15) is 5.82 Å². The Hall–Kier alpha value is -1.31. The molecule has 1 unspecified atom stereocenters. The molecule has 0 aliphatic heterocycles. The van der Waals surface area contributed by atoms with E-state index in [0.717, 1.165) is 22.8 Å². The predicted octanol–water partition coefficient (Wildman–Crippen LogP) is 2.90. The number of para-hydroxylation sites is 2. The lowest BCUT2D eigenvalue weighted by atomic mass is 10.1. The average molecular weight is 415 g/mol. The van der Waals surface area contributed by atoms with Crippen LogP contribution >= 0.6 is 24.0 Å². The molecule has 0 fully saturated rings. The second kappa shape index (κ2) is 8.36. The molecule has 2 N–H and O–H groups in total. The third kappa shape index (κ3) is 4.34. The lowest BCUT2D eigenvalue weighted by Crippen LogP contribution is -2.44. The molecule has 122 valence electrons. The lowest BCUT2D eigenvalue weighted by Gasteiger charge is -2.20. The largest absolute Gasteiger partial charge is 0.354 e. The molecule has 0 aliphatic carbocycles. The van der Waals surface area contributed by atoms with E-state index in [1.165, 1.54) is 0 Å². The molecule has 2 aromatic rings. The minimum absolute atomic E-state index is 0. The first-order valence-electron chi connectivity index (χ1n) is 7.40. The topological polar surface area (TPSA) is 54.2 Å². The maximum absolute atomic E-state index is 4.65. The number of benzene rings is 1. The number of nitrogens with one attached hydrogen (secondary N) is 2. The normalized spacial score (nSPS) is 13.1. The third-order valence-electron chi connectivity index (χ3n) is 3.88. The van der Waals surface area contributed by atoms with E-state index in [1.807, 2.05) is 25.2 Å². The molecule has 0 spiro atoms. The summed E-state index contributed by atoms with van der Waals surface area (Å²) in [6.07, 6.45) is 0. The number of nitrogens with zero attached hydrogens (tertiary/aromatic N) is 3. The van der Waals surface area contributed by atoms with Crippen molar-refractivity contribution in [3.8, 4) is 0 Å². The van der Waals surface area contributed by atoms with E-state index in [1.54, 1.807) is 7.05 Å². The molecule has 0 saturated heterocycles. The minimum atomic E-state index is 0. The smallest absolute Gasteiger partial charge is 0.191 e. The van der Waals surface area contributed by atoms with Crippen molar-refractivity contribution in [2.24, 2.45) is 18.0 Å². The standard InChI is InChI=1S/C16H25N5.HI/c1-11(2)12(3)19-16(17-4)18-10-15-20-13-8-6-7-9-14(13)21(15)5;/h6-9,11-12H,10H2,1-5H3,(H2,17,18,19);1H. The fourth-order valence-corrected chi connectivity index (χ4v) is 2.09. The number of imidazole rings is 1. The van der Waals surface area contributed by atoms with Crippen LogP contribution in [0.25, 0.3) is 11.0 Å². The van der Waals surface area contributed by atoms with Crippen molar-refractivity contribution in [3.05, 3.63) is 30.1 Å². The summed E-state index contributed by atoms with van der Waals surface area (Å²) in [6, 6.07) is 8.53. The Morgan fingerprint density at radius 1 is 1.27 bits per heavy atom. The number of aliphatic imine (C=N–C) groups is 1. The Bertz CT molecular complexity index is 632. The molecule has 1 heterocycles. The molecule has 22 heavy (non-hydrogen) atoms. The van der Waals surface area contributed by atoms with Crippen LogP contribution in [0, 0.1) is 5.92 Å². The molecule has 0 bridgehead atoms. The van der Waals surface area contributed by atoms with Gasteiger partial charge in [0, 0.05) is 20.1 Å².